The number of halogens is 7. The largest absolute Gasteiger partial charge is 0.508 e. The molecule has 0 spiro atoms. The summed E-state index contributed by atoms with van der Waals surface area (Å²) in [7, 11) is 0. The summed E-state index contributed by atoms with van der Waals surface area (Å²) in [4.78, 5) is 0. The Bertz CT molecular complexity index is 433. The molecule has 0 saturated carbocycles. The van der Waals surface area contributed by atoms with Crippen LogP contribution in [0.2, 0.25) is 0 Å². The fraction of sp³-hybridized carbons (Fsp3) is 0.400. The highest BCUT2D eigenvalue weighted by molar-refractivity contribution is 5.39. The number of aromatic hydroxyl groups is 1. The number of hydrogen-bond acceptors (Lipinski definition) is 1. The Morgan fingerprint density at radius 3 is 1.83 bits per heavy atom. The van der Waals surface area contributed by atoms with Gasteiger partial charge in [0.25, 0.3) is 0 Å². The zero-order valence-corrected chi connectivity index (χ0v) is 8.83. The van der Waals surface area contributed by atoms with Crippen LogP contribution in [-0.2, 0) is 0 Å². The summed E-state index contributed by atoms with van der Waals surface area (Å²) in [6, 6.07) is 0.575. The molecule has 0 aliphatic heterocycles. The minimum atomic E-state index is -5.69. The summed E-state index contributed by atoms with van der Waals surface area (Å²) in [6.45, 7) is 1.15. The van der Waals surface area contributed by atoms with Crippen molar-refractivity contribution < 1.29 is 35.8 Å². The van der Waals surface area contributed by atoms with Gasteiger partial charge in [-0.2, -0.15) is 26.3 Å². The van der Waals surface area contributed by atoms with E-state index in [1.54, 1.807) is 0 Å². The van der Waals surface area contributed by atoms with Crippen LogP contribution in [0.15, 0.2) is 12.1 Å². The molecule has 0 aromatic heterocycles. The SMILES string of the molecule is Cc1cc(F)c(C(C(F)(F)F)C(F)(F)F)cc1O. The van der Waals surface area contributed by atoms with E-state index in [-0.39, 0.29) is 11.6 Å². The maximum Gasteiger partial charge on any atom is 0.404 e. The second kappa shape index (κ2) is 4.33. The van der Waals surface area contributed by atoms with Crippen molar-refractivity contribution in [1.29, 1.82) is 0 Å². The van der Waals surface area contributed by atoms with Crippen molar-refractivity contribution in [3.05, 3.63) is 29.1 Å². The predicted molar refractivity (Wildman–Crippen MR) is 47.7 cm³/mol. The molecule has 18 heavy (non-hydrogen) atoms. The normalized spacial score (nSPS) is 13.2. The van der Waals surface area contributed by atoms with E-state index in [1.165, 1.54) is 0 Å². The molecule has 1 nitrogen and oxygen atoms in total. The first-order valence-electron chi connectivity index (χ1n) is 4.57. The highest BCUT2D eigenvalue weighted by atomic mass is 19.4. The number of aryl methyl sites for hydroxylation is 1. The van der Waals surface area contributed by atoms with Crippen LogP contribution in [0.1, 0.15) is 17.0 Å². The molecule has 1 aromatic rings. The summed E-state index contributed by atoms with van der Waals surface area (Å²) < 4.78 is 87.3. The van der Waals surface area contributed by atoms with Crippen molar-refractivity contribution in [3.8, 4) is 5.75 Å². The van der Waals surface area contributed by atoms with Gasteiger partial charge in [0.1, 0.15) is 11.6 Å². The summed E-state index contributed by atoms with van der Waals surface area (Å²) in [5.74, 6) is -6.45. The number of phenols is 1. The lowest BCUT2D eigenvalue weighted by molar-refractivity contribution is -0.254. The number of alkyl halides is 6. The molecule has 0 aliphatic rings. The van der Waals surface area contributed by atoms with E-state index in [2.05, 4.69) is 0 Å². The van der Waals surface area contributed by atoms with Gasteiger partial charge in [0, 0.05) is 5.56 Å². The molecule has 0 atom stereocenters. The molecule has 1 aromatic carbocycles. The Hall–Kier alpha value is -1.47. The summed E-state index contributed by atoms with van der Waals surface area (Å²) in [6.07, 6.45) is -11.4. The van der Waals surface area contributed by atoms with E-state index < -0.39 is 35.4 Å². The van der Waals surface area contributed by atoms with Crippen LogP contribution in [0.25, 0.3) is 0 Å². The Morgan fingerprint density at radius 1 is 1.00 bits per heavy atom. The van der Waals surface area contributed by atoms with E-state index in [1.807, 2.05) is 0 Å². The Balaban J connectivity index is 3.45. The van der Waals surface area contributed by atoms with Crippen LogP contribution >= 0.6 is 0 Å². The zero-order valence-electron chi connectivity index (χ0n) is 8.83. The van der Waals surface area contributed by atoms with Crippen molar-refractivity contribution >= 4 is 0 Å². The van der Waals surface area contributed by atoms with E-state index in [9.17, 15) is 30.7 Å². The second-order valence-corrected chi connectivity index (χ2v) is 3.68. The van der Waals surface area contributed by atoms with Gasteiger partial charge in [0.05, 0.1) is 0 Å². The number of benzene rings is 1. The monoisotopic (exact) mass is 276 g/mol. The van der Waals surface area contributed by atoms with Crippen LogP contribution in [0.3, 0.4) is 0 Å². The van der Waals surface area contributed by atoms with Gasteiger partial charge in [-0.3, -0.25) is 0 Å². The number of rotatable bonds is 1. The smallest absolute Gasteiger partial charge is 0.404 e. The molecule has 0 aliphatic carbocycles. The molecule has 0 radical (unpaired) electrons. The Kier molecular flexibility index (Phi) is 3.51. The van der Waals surface area contributed by atoms with Gasteiger partial charge in [-0.15, -0.1) is 0 Å². The molecule has 102 valence electrons. The Labute approximate surface area is 96.8 Å². The lowest BCUT2D eigenvalue weighted by Gasteiger charge is -2.24. The zero-order chi connectivity index (χ0) is 14.3. The van der Waals surface area contributed by atoms with Gasteiger partial charge < -0.3 is 5.11 Å². The van der Waals surface area contributed by atoms with Gasteiger partial charge in [0.2, 0.25) is 0 Å². The molecule has 0 bridgehead atoms. The third-order valence-corrected chi connectivity index (χ3v) is 2.28. The van der Waals surface area contributed by atoms with Crippen LogP contribution in [0, 0.1) is 12.7 Å². The minimum absolute atomic E-state index is 0.149. The summed E-state index contributed by atoms with van der Waals surface area (Å²) >= 11 is 0. The highest BCUT2D eigenvalue weighted by Crippen LogP contribution is 2.47. The molecule has 0 fully saturated rings. The molecule has 0 saturated heterocycles. The summed E-state index contributed by atoms with van der Waals surface area (Å²) in [5, 5.41) is 9.10. The van der Waals surface area contributed by atoms with Crippen molar-refractivity contribution in [2.24, 2.45) is 0 Å². The maximum absolute atomic E-state index is 13.2. The van der Waals surface area contributed by atoms with Gasteiger partial charge in [0.15, 0.2) is 5.92 Å². The van der Waals surface area contributed by atoms with Crippen LogP contribution < -0.4 is 0 Å². The van der Waals surface area contributed by atoms with Crippen molar-refractivity contribution in [2.75, 3.05) is 0 Å². The third kappa shape index (κ3) is 2.85. The first-order chi connectivity index (χ1) is 7.94. The lowest BCUT2D eigenvalue weighted by atomic mass is 9.95. The fourth-order valence-corrected chi connectivity index (χ4v) is 1.44. The first kappa shape index (κ1) is 14.6. The Morgan fingerprint density at radius 2 is 1.44 bits per heavy atom. The molecule has 0 unspecified atom stereocenters. The topological polar surface area (TPSA) is 20.2 Å². The van der Waals surface area contributed by atoms with Crippen LogP contribution in [-0.4, -0.2) is 17.5 Å². The van der Waals surface area contributed by atoms with Gasteiger partial charge in [-0.1, -0.05) is 0 Å². The van der Waals surface area contributed by atoms with E-state index >= 15 is 0 Å². The highest BCUT2D eigenvalue weighted by Gasteiger charge is 2.58. The first-order valence-corrected chi connectivity index (χ1v) is 4.57. The van der Waals surface area contributed by atoms with Gasteiger partial charge in [-0.25, -0.2) is 4.39 Å². The molecule has 1 N–H and O–H groups in total. The average molecular weight is 276 g/mol. The molecule has 8 heteroatoms. The predicted octanol–water partition coefficient (Wildman–Crippen LogP) is 4.05. The maximum atomic E-state index is 13.2. The van der Waals surface area contributed by atoms with Crippen molar-refractivity contribution in [1.82, 2.24) is 0 Å². The number of phenolic OH excluding ortho intramolecular Hbond substituents is 1. The molecular formula is C10H7F7O. The van der Waals surface area contributed by atoms with Crippen molar-refractivity contribution in [2.45, 2.75) is 25.2 Å². The molecule has 0 heterocycles. The van der Waals surface area contributed by atoms with Crippen LogP contribution in [0.4, 0.5) is 30.7 Å². The molecular weight excluding hydrogens is 269 g/mol. The van der Waals surface area contributed by atoms with E-state index in [0.717, 1.165) is 6.92 Å². The standard InChI is InChI=1S/C10H7F7O/c1-4-2-6(11)5(3-7(4)18)8(9(12,13)14)10(15,16)17/h2-3,8,18H,1H3. The van der Waals surface area contributed by atoms with E-state index in [4.69, 9.17) is 5.11 Å². The van der Waals surface area contributed by atoms with E-state index in [0.29, 0.717) is 6.07 Å². The van der Waals surface area contributed by atoms with Gasteiger partial charge in [-0.05, 0) is 24.6 Å². The van der Waals surface area contributed by atoms with Crippen molar-refractivity contribution in [3.63, 3.8) is 0 Å². The fourth-order valence-electron chi connectivity index (χ4n) is 1.44. The third-order valence-electron chi connectivity index (χ3n) is 2.28. The van der Waals surface area contributed by atoms with Gasteiger partial charge >= 0.3 is 12.4 Å². The van der Waals surface area contributed by atoms with Crippen LogP contribution in [0.5, 0.6) is 5.75 Å². The quantitative estimate of drug-likeness (QED) is 0.767. The second-order valence-electron chi connectivity index (χ2n) is 3.68. The number of hydrogen-bond donors (Lipinski definition) is 1. The summed E-state index contributed by atoms with van der Waals surface area (Å²) in [5.41, 5.74) is -1.79. The average Bonchev–Trinajstić information content (AvgIpc) is 2.09. The molecule has 1 rings (SSSR count). The minimum Gasteiger partial charge on any atom is -0.508 e. The molecule has 0 amide bonds. The lowest BCUT2D eigenvalue weighted by Crippen LogP contribution is -2.34.